The summed E-state index contributed by atoms with van der Waals surface area (Å²) >= 11 is 0. The second-order valence-corrected chi connectivity index (χ2v) is 12.4. The van der Waals surface area contributed by atoms with Gasteiger partial charge < -0.3 is 0 Å². The summed E-state index contributed by atoms with van der Waals surface area (Å²) < 4.78 is 47.5. The van der Waals surface area contributed by atoms with Crippen molar-refractivity contribution in [2.75, 3.05) is 5.75 Å². The number of sulfonamides is 1. The van der Waals surface area contributed by atoms with E-state index in [2.05, 4.69) is 0 Å². The van der Waals surface area contributed by atoms with Crippen LogP contribution in [-0.4, -0.2) is 49.5 Å². The highest BCUT2D eigenvalue weighted by molar-refractivity contribution is 7.92. The average molecular weight is 372 g/mol. The smallest absolute Gasteiger partial charge is 0.216 e. The molecule has 0 aromatic rings. The number of hydrogen-bond donors (Lipinski definition) is 0. The molecule has 0 atom stereocenters. The Morgan fingerprint density at radius 3 is 1.09 bits per heavy atom. The van der Waals surface area contributed by atoms with Gasteiger partial charge in [-0.15, -0.1) is 0 Å². The first-order chi connectivity index (χ1) is 10.1. The van der Waals surface area contributed by atoms with Gasteiger partial charge in [-0.05, 0) is 61.3 Å². The summed E-state index contributed by atoms with van der Waals surface area (Å²) in [5, 5.41) is -0.563. The first-order valence-electron chi connectivity index (χ1n) is 8.31. The number of hydrogen-bond acceptors (Lipinski definition) is 4. The minimum absolute atomic E-state index is 0.0346. The average Bonchev–Trinajstić information content (AvgIpc) is 2.25. The fraction of sp³-hybridized carbons (Fsp3) is 1.00. The normalized spacial score (nSPS) is 13.4. The third-order valence-electron chi connectivity index (χ3n) is 3.19. The minimum atomic E-state index is -3.10. The lowest BCUT2D eigenvalue weighted by molar-refractivity contribution is 0.299. The quantitative estimate of drug-likeness (QED) is 0.688. The Kier molecular flexibility index (Phi) is 10.9. The highest BCUT2D eigenvalue weighted by Gasteiger charge is 2.29. The molecule has 0 aliphatic carbocycles. The molecule has 0 rings (SSSR count). The summed E-state index contributed by atoms with van der Waals surface area (Å²) in [4.78, 5) is 0. The third kappa shape index (κ3) is 9.05. The standard InChI is InChI=1S/C9H21NO2S.C7H16O2S/c1-7(2)10(8(3)4)13(11,12)9(5)6;1-6(2)5-10(8,9)7(3)4/h7-9H,1-6H3;6-7H,5H2,1-4H3. The van der Waals surface area contributed by atoms with Gasteiger partial charge in [0.25, 0.3) is 0 Å². The molecule has 5 nitrogen and oxygen atoms in total. The maximum absolute atomic E-state index is 11.8. The molecule has 0 aliphatic rings. The zero-order chi connectivity index (χ0) is 19.2. The van der Waals surface area contributed by atoms with Gasteiger partial charge in [0, 0.05) is 12.1 Å². The van der Waals surface area contributed by atoms with E-state index < -0.39 is 19.9 Å². The van der Waals surface area contributed by atoms with Crippen LogP contribution in [0.2, 0.25) is 0 Å². The van der Waals surface area contributed by atoms with Crippen molar-refractivity contribution in [3.05, 3.63) is 0 Å². The molecule has 0 bridgehead atoms. The van der Waals surface area contributed by atoms with Crippen molar-refractivity contribution >= 4 is 19.9 Å². The van der Waals surface area contributed by atoms with Gasteiger partial charge in [0.2, 0.25) is 10.0 Å². The van der Waals surface area contributed by atoms with E-state index in [1.54, 1.807) is 32.0 Å². The number of sulfone groups is 1. The van der Waals surface area contributed by atoms with E-state index in [0.29, 0.717) is 5.75 Å². The maximum atomic E-state index is 11.8. The van der Waals surface area contributed by atoms with Crippen LogP contribution < -0.4 is 0 Å². The van der Waals surface area contributed by atoms with Crippen LogP contribution in [0.1, 0.15) is 69.2 Å². The maximum Gasteiger partial charge on any atom is 0.216 e. The molecule has 0 unspecified atom stereocenters. The van der Waals surface area contributed by atoms with Crippen molar-refractivity contribution < 1.29 is 16.8 Å². The number of nitrogens with zero attached hydrogens (tertiary/aromatic N) is 1. The van der Waals surface area contributed by atoms with Crippen LogP contribution >= 0.6 is 0 Å². The van der Waals surface area contributed by atoms with E-state index in [-0.39, 0.29) is 28.5 Å². The summed E-state index contributed by atoms with van der Waals surface area (Å²) in [6.45, 7) is 18.3. The molecule has 0 aliphatic heterocycles. The van der Waals surface area contributed by atoms with Crippen LogP contribution in [0.25, 0.3) is 0 Å². The predicted octanol–water partition coefficient (Wildman–Crippen LogP) is 3.31. The molecule has 0 amide bonds. The summed E-state index contributed by atoms with van der Waals surface area (Å²) in [5.41, 5.74) is 0. The van der Waals surface area contributed by atoms with Crippen molar-refractivity contribution in [1.82, 2.24) is 4.31 Å². The molecule has 0 saturated carbocycles. The largest absolute Gasteiger partial charge is 0.229 e. The van der Waals surface area contributed by atoms with Crippen molar-refractivity contribution in [3.63, 3.8) is 0 Å². The Labute approximate surface area is 144 Å². The predicted molar refractivity (Wildman–Crippen MR) is 99.9 cm³/mol. The van der Waals surface area contributed by atoms with Crippen LogP contribution in [0.15, 0.2) is 0 Å². The molecule has 142 valence electrons. The van der Waals surface area contributed by atoms with E-state index in [1.807, 2.05) is 41.5 Å². The lowest BCUT2D eigenvalue weighted by Gasteiger charge is -2.31. The zero-order valence-corrected chi connectivity index (χ0v) is 18.1. The fourth-order valence-corrected chi connectivity index (χ4v) is 5.06. The summed E-state index contributed by atoms with van der Waals surface area (Å²) in [6.07, 6.45) is 0. The van der Waals surface area contributed by atoms with Crippen molar-refractivity contribution in [2.45, 2.75) is 91.8 Å². The monoisotopic (exact) mass is 371 g/mol. The van der Waals surface area contributed by atoms with Crippen molar-refractivity contribution in [1.29, 1.82) is 0 Å². The minimum Gasteiger partial charge on any atom is -0.229 e. The van der Waals surface area contributed by atoms with Crippen LogP contribution in [0.4, 0.5) is 0 Å². The van der Waals surface area contributed by atoms with Gasteiger partial charge in [0.05, 0.1) is 16.3 Å². The molecular formula is C16H37NO4S2. The van der Waals surface area contributed by atoms with Crippen LogP contribution in [-0.2, 0) is 19.9 Å². The van der Waals surface area contributed by atoms with Gasteiger partial charge in [-0.3, -0.25) is 0 Å². The van der Waals surface area contributed by atoms with Crippen LogP contribution in [0.5, 0.6) is 0 Å². The van der Waals surface area contributed by atoms with Gasteiger partial charge in [-0.25, -0.2) is 16.8 Å². The summed E-state index contributed by atoms with van der Waals surface area (Å²) in [5.74, 6) is 0.553. The molecule has 0 aromatic heterocycles. The Morgan fingerprint density at radius 2 is 1.00 bits per heavy atom. The highest BCUT2D eigenvalue weighted by atomic mass is 32.2. The molecular weight excluding hydrogens is 334 g/mol. The molecule has 23 heavy (non-hydrogen) atoms. The Bertz CT molecular complexity index is 510. The second kappa shape index (κ2) is 9.99. The molecule has 7 heteroatoms. The molecule has 0 N–H and O–H groups in total. The SMILES string of the molecule is CC(C)CS(=O)(=O)C(C)C.CC(C)N(C(C)C)S(=O)(=O)C(C)C. The van der Waals surface area contributed by atoms with E-state index in [4.69, 9.17) is 0 Å². The van der Waals surface area contributed by atoms with Gasteiger partial charge in [-0.1, -0.05) is 13.8 Å². The third-order valence-corrected chi connectivity index (χ3v) is 8.38. The molecule has 0 heterocycles. The number of rotatable bonds is 7. The Morgan fingerprint density at radius 1 is 0.652 bits per heavy atom. The summed E-state index contributed by atoms with van der Waals surface area (Å²) in [6, 6.07) is 0.0693. The molecule has 0 aromatic carbocycles. The van der Waals surface area contributed by atoms with E-state index in [9.17, 15) is 16.8 Å². The summed E-state index contributed by atoms with van der Waals surface area (Å²) in [7, 11) is -5.90. The van der Waals surface area contributed by atoms with E-state index >= 15 is 0 Å². The Hall–Kier alpha value is -0.140. The first-order valence-corrected chi connectivity index (χ1v) is 11.5. The highest BCUT2D eigenvalue weighted by Crippen LogP contribution is 2.16. The molecule has 0 fully saturated rings. The van der Waals surface area contributed by atoms with Crippen LogP contribution in [0, 0.1) is 5.92 Å². The van der Waals surface area contributed by atoms with Crippen LogP contribution in [0.3, 0.4) is 0 Å². The van der Waals surface area contributed by atoms with Crippen molar-refractivity contribution in [2.24, 2.45) is 5.92 Å². The lowest BCUT2D eigenvalue weighted by Crippen LogP contribution is -2.45. The van der Waals surface area contributed by atoms with Crippen molar-refractivity contribution in [3.8, 4) is 0 Å². The van der Waals surface area contributed by atoms with Gasteiger partial charge in [0.15, 0.2) is 9.84 Å². The van der Waals surface area contributed by atoms with Gasteiger partial charge >= 0.3 is 0 Å². The van der Waals surface area contributed by atoms with Gasteiger partial charge in [-0.2, -0.15) is 4.31 Å². The topological polar surface area (TPSA) is 71.5 Å². The second-order valence-electron chi connectivity index (χ2n) is 7.38. The Balaban J connectivity index is 0. The van der Waals surface area contributed by atoms with E-state index in [0.717, 1.165) is 0 Å². The lowest BCUT2D eigenvalue weighted by atomic mass is 10.3. The molecule has 0 radical (unpaired) electrons. The fourth-order valence-electron chi connectivity index (χ4n) is 2.08. The van der Waals surface area contributed by atoms with Gasteiger partial charge in [0.1, 0.15) is 0 Å². The zero-order valence-electron chi connectivity index (χ0n) is 16.5. The molecule has 0 saturated heterocycles. The molecule has 0 spiro atoms. The van der Waals surface area contributed by atoms with E-state index in [1.165, 1.54) is 0 Å². The first kappa shape index (κ1) is 25.1.